The maximum Gasteiger partial charge on any atom is 0.340 e. The molecule has 1 unspecified atom stereocenters. The summed E-state index contributed by atoms with van der Waals surface area (Å²) in [4.78, 5) is 28.0. The predicted octanol–water partition coefficient (Wildman–Crippen LogP) is 4.69. The van der Waals surface area contributed by atoms with Crippen LogP contribution >= 0.6 is 0 Å². The summed E-state index contributed by atoms with van der Waals surface area (Å²) < 4.78 is 0. The van der Waals surface area contributed by atoms with Crippen LogP contribution in [0.5, 0.6) is 0 Å². The maximum atomic E-state index is 12.1. The number of aliphatic imine (C=N–C) groups is 1. The van der Waals surface area contributed by atoms with Crippen LogP contribution in [0.15, 0.2) is 35.3 Å². The maximum absolute atomic E-state index is 12.1. The molecule has 1 rings (SSSR count). The van der Waals surface area contributed by atoms with Gasteiger partial charge in [0.2, 0.25) is 5.91 Å². The fourth-order valence-electron chi connectivity index (χ4n) is 3.26. The first-order valence-corrected chi connectivity index (χ1v) is 10.2. The van der Waals surface area contributed by atoms with E-state index in [4.69, 9.17) is 5.73 Å². The van der Waals surface area contributed by atoms with E-state index >= 15 is 0 Å². The summed E-state index contributed by atoms with van der Waals surface area (Å²) in [5.41, 5.74) is 6.56. The van der Waals surface area contributed by atoms with Crippen molar-refractivity contribution in [1.29, 1.82) is 0 Å². The minimum absolute atomic E-state index is 0.0711. The molecule has 0 heterocycles. The average molecular weight is 374 g/mol. The first kappa shape index (κ1) is 22.9. The Labute approximate surface area is 163 Å². The Morgan fingerprint density at radius 3 is 2.26 bits per heavy atom. The van der Waals surface area contributed by atoms with Crippen LogP contribution in [0.25, 0.3) is 0 Å². The van der Waals surface area contributed by atoms with Crippen molar-refractivity contribution < 1.29 is 9.59 Å². The van der Waals surface area contributed by atoms with Gasteiger partial charge in [0.05, 0.1) is 0 Å². The second-order valence-corrected chi connectivity index (χ2v) is 7.12. The summed E-state index contributed by atoms with van der Waals surface area (Å²) in [6, 6.07) is 9.12. The summed E-state index contributed by atoms with van der Waals surface area (Å²) >= 11 is 0. The molecule has 1 aromatic carbocycles. The van der Waals surface area contributed by atoms with E-state index in [1.165, 1.54) is 0 Å². The van der Waals surface area contributed by atoms with Crippen molar-refractivity contribution in [3.63, 3.8) is 0 Å². The van der Waals surface area contributed by atoms with Gasteiger partial charge in [0.15, 0.2) is 0 Å². The minimum Gasteiger partial charge on any atom is -0.369 e. The summed E-state index contributed by atoms with van der Waals surface area (Å²) in [6.07, 6.45) is 9.73. The van der Waals surface area contributed by atoms with Gasteiger partial charge < -0.3 is 11.1 Å². The number of benzene rings is 1. The molecular formula is C22H35N3O2. The summed E-state index contributed by atoms with van der Waals surface area (Å²) in [5, 5.41) is 2.86. The molecule has 0 saturated carbocycles. The number of urea groups is 1. The number of hydrogen-bond donors (Lipinski definition) is 2. The van der Waals surface area contributed by atoms with Crippen molar-refractivity contribution >= 4 is 18.2 Å². The zero-order valence-electron chi connectivity index (χ0n) is 16.8. The van der Waals surface area contributed by atoms with Crippen molar-refractivity contribution in [3.8, 4) is 0 Å². The molecule has 0 bridgehead atoms. The van der Waals surface area contributed by atoms with Crippen molar-refractivity contribution in [2.45, 2.75) is 65.2 Å². The van der Waals surface area contributed by atoms with E-state index in [-0.39, 0.29) is 23.8 Å². The lowest BCUT2D eigenvalue weighted by Gasteiger charge is -2.25. The highest BCUT2D eigenvalue weighted by Crippen LogP contribution is 2.24. The molecule has 0 aromatic heterocycles. The van der Waals surface area contributed by atoms with E-state index in [1.54, 1.807) is 6.21 Å². The Morgan fingerprint density at radius 1 is 1.04 bits per heavy atom. The Morgan fingerprint density at radius 2 is 1.67 bits per heavy atom. The third-order valence-electron chi connectivity index (χ3n) is 4.88. The molecular weight excluding hydrogens is 338 g/mol. The van der Waals surface area contributed by atoms with Crippen LogP contribution in [0.2, 0.25) is 0 Å². The van der Waals surface area contributed by atoms with Gasteiger partial charge in [-0.1, -0.05) is 82.7 Å². The van der Waals surface area contributed by atoms with E-state index in [1.807, 2.05) is 30.3 Å². The molecule has 2 atom stereocenters. The van der Waals surface area contributed by atoms with Crippen LogP contribution in [-0.4, -0.2) is 24.7 Å². The summed E-state index contributed by atoms with van der Waals surface area (Å²) in [6.45, 7) is 4.74. The molecule has 150 valence electrons. The Kier molecular flexibility index (Phi) is 11.8. The van der Waals surface area contributed by atoms with E-state index in [9.17, 15) is 9.59 Å². The third-order valence-corrected chi connectivity index (χ3v) is 4.88. The molecule has 0 saturated heterocycles. The molecule has 5 heteroatoms. The molecule has 1 aromatic rings. The number of nitrogens with zero attached hydrogens (tertiary/aromatic N) is 1. The smallest absolute Gasteiger partial charge is 0.340 e. The van der Waals surface area contributed by atoms with Crippen LogP contribution in [-0.2, 0) is 4.79 Å². The molecule has 0 aliphatic carbocycles. The van der Waals surface area contributed by atoms with Gasteiger partial charge in [-0.05, 0) is 24.3 Å². The third kappa shape index (κ3) is 9.92. The van der Waals surface area contributed by atoms with Crippen LogP contribution in [0.3, 0.4) is 0 Å². The Hall–Kier alpha value is -2.17. The number of rotatable bonds is 13. The number of nitrogens with one attached hydrogen (secondary N) is 1. The van der Waals surface area contributed by atoms with Gasteiger partial charge in [-0.25, -0.2) is 9.79 Å². The lowest BCUT2D eigenvalue weighted by Crippen LogP contribution is -2.37. The zero-order chi connectivity index (χ0) is 19.9. The first-order valence-electron chi connectivity index (χ1n) is 10.2. The van der Waals surface area contributed by atoms with Crippen LogP contribution in [0, 0.1) is 11.8 Å². The largest absolute Gasteiger partial charge is 0.369 e. The topological polar surface area (TPSA) is 84.5 Å². The lowest BCUT2D eigenvalue weighted by atomic mass is 9.83. The van der Waals surface area contributed by atoms with Crippen molar-refractivity contribution in [3.05, 3.63) is 35.9 Å². The van der Waals surface area contributed by atoms with E-state index < -0.39 is 0 Å². The number of hydrogen-bond acceptors (Lipinski definition) is 2. The van der Waals surface area contributed by atoms with Crippen LogP contribution in [0.1, 0.15) is 70.8 Å². The number of primary amides is 1. The molecule has 0 spiro atoms. The van der Waals surface area contributed by atoms with Crippen LogP contribution in [0.4, 0.5) is 4.79 Å². The molecule has 0 fully saturated rings. The minimum atomic E-state index is -0.379. The number of nitrogens with two attached hydrogens (primary N) is 1. The zero-order valence-corrected chi connectivity index (χ0v) is 16.8. The van der Waals surface area contributed by atoms with Gasteiger partial charge in [-0.3, -0.25) is 4.79 Å². The van der Waals surface area contributed by atoms with Gasteiger partial charge in [0.1, 0.15) is 0 Å². The SMILES string of the molecule is CCCCCC(C(N)=O)[C@@H](CCCCC)CNC(=O)N=Cc1ccccc1. The lowest BCUT2D eigenvalue weighted by molar-refractivity contribution is -0.123. The molecule has 0 radical (unpaired) electrons. The second-order valence-electron chi connectivity index (χ2n) is 7.12. The van der Waals surface area contributed by atoms with Gasteiger partial charge >= 0.3 is 6.03 Å². The van der Waals surface area contributed by atoms with Crippen LogP contribution < -0.4 is 11.1 Å². The highest BCUT2D eigenvalue weighted by atomic mass is 16.2. The normalized spacial score (nSPS) is 13.4. The fraction of sp³-hybridized carbons (Fsp3) is 0.591. The molecule has 0 aliphatic heterocycles. The number of amides is 3. The fourth-order valence-corrected chi connectivity index (χ4v) is 3.26. The quantitative estimate of drug-likeness (QED) is 0.388. The monoisotopic (exact) mass is 373 g/mol. The Bertz CT molecular complexity index is 572. The van der Waals surface area contributed by atoms with E-state index in [0.29, 0.717) is 6.54 Å². The molecule has 27 heavy (non-hydrogen) atoms. The van der Waals surface area contributed by atoms with Gasteiger partial charge in [0, 0.05) is 18.7 Å². The van der Waals surface area contributed by atoms with Gasteiger partial charge in [-0.15, -0.1) is 0 Å². The molecule has 5 nitrogen and oxygen atoms in total. The predicted molar refractivity (Wildman–Crippen MR) is 112 cm³/mol. The number of unbranched alkanes of at least 4 members (excludes halogenated alkanes) is 4. The first-order chi connectivity index (χ1) is 13.1. The average Bonchev–Trinajstić information content (AvgIpc) is 2.67. The van der Waals surface area contributed by atoms with E-state index in [2.05, 4.69) is 24.2 Å². The number of carbonyl (C=O) groups excluding carboxylic acids is 2. The van der Waals surface area contributed by atoms with Crippen molar-refractivity contribution in [1.82, 2.24) is 5.32 Å². The standard InChI is InChI=1S/C22H35N3O2/c1-3-5-8-14-19(20(21(23)26)15-9-6-4-2)17-25-22(27)24-16-18-12-10-7-11-13-18/h7,10-13,16,19-20H,3-6,8-9,14-15,17H2,1-2H3,(H2,23,26)(H,25,27)/t19-,20?/m0/s1. The highest BCUT2D eigenvalue weighted by molar-refractivity contribution is 5.91. The summed E-state index contributed by atoms with van der Waals surface area (Å²) in [7, 11) is 0. The molecule has 3 amide bonds. The Balaban J connectivity index is 2.64. The summed E-state index contributed by atoms with van der Waals surface area (Å²) in [5.74, 6) is -0.372. The van der Waals surface area contributed by atoms with Gasteiger partial charge in [-0.2, -0.15) is 0 Å². The second kappa shape index (κ2) is 14.0. The highest BCUT2D eigenvalue weighted by Gasteiger charge is 2.26. The number of carbonyl (C=O) groups is 2. The van der Waals surface area contributed by atoms with Gasteiger partial charge in [0.25, 0.3) is 0 Å². The van der Waals surface area contributed by atoms with E-state index in [0.717, 1.165) is 56.9 Å². The molecule has 3 N–H and O–H groups in total. The van der Waals surface area contributed by atoms with Crippen molar-refractivity contribution in [2.24, 2.45) is 22.6 Å². The van der Waals surface area contributed by atoms with Crippen molar-refractivity contribution in [2.75, 3.05) is 6.54 Å². The molecule has 0 aliphatic rings.